The van der Waals surface area contributed by atoms with E-state index in [2.05, 4.69) is 16.3 Å². The molecule has 3 heterocycles. The molecular weight excluding hydrogens is 482 g/mol. The molecule has 1 amide bonds. The topological polar surface area (TPSA) is 92.6 Å². The minimum Gasteiger partial charge on any atom is -0.507 e. The number of amides is 1. The number of anilines is 1. The van der Waals surface area contributed by atoms with Gasteiger partial charge in [-0.1, -0.05) is 47.2 Å². The van der Waals surface area contributed by atoms with Crippen LogP contribution in [0.1, 0.15) is 32.6 Å². The van der Waals surface area contributed by atoms with Crippen LogP contribution in [0, 0.1) is 13.8 Å². The largest absolute Gasteiger partial charge is 0.507 e. The first-order valence-corrected chi connectivity index (χ1v) is 12.6. The molecule has 9 heteroatoms. The molecule has 2 aromatic heterocycles. The number of aliphatic hydroxyl groups excluding tert-OH is 1. The van der Waals surface area contributed by atoms with Crippen molar-refractivity contribution >= 4 is 45.3 Å². The second-order valence-corrected chi connectivity index (χ2v) is 10.2. The lowest BCUT2D eigenvalue weighted by atomic mass is 10.00. The molecular formula is C26H21N3O4S2. The van der Waals surface area contributed by atoms with Crippen molar-refractivity contribution < 1.29 is 19.4 Å². The van der Waals surface area contributed by atoms with Gasteiger partial charge >= 0.3 is 5.91 Å². The summed E-state index contributed by atoms with van der Waals surface area (Å²) in [7, 11) is 0. The number of nitrogens with zero attached hydrogens (tertiary/aromatic N) is 3. The maximum absolute atomic E-state index is 13.1. The number of thiophene rings is 1. The summed E-state index contributed by atoms with van der Waals surface area (Å²) < 4.78 is 5.86. The SMILES string of the molecule is Cc1cccc(COc2ccc(/C(O)=C3\C(=O)C(=O)N(c4nnc(C)s4)[C@@H]3c3cccs3)cc2)c1. The van der Waals surface area contributed by atoms with Crippen molar-refractivity contribution in [3.8, 4) is 5.75 Å². The van der Waals surface area contributed by atoms with Gasteiger partial charge in [0.05, 0.1) is 5.57 Å². The first-order valence-electron chi connectivity index (χ1n) is 10.9. The maximum atomic E-state index is 13.1. The van der Waals surface area contributed by atoms with Crippen molar-refractivity contribution in [3.63, 3.8) is 0 Å². The second-order valence-electron chi connectivity index (χ2n) is 8.09. The maximum Gasteiger partial charge on any atom is 0.301 e. The van der Waals surface area contributed by atoms with E-state index in [1.165, 1.54) is 27.6 Å². The van der Waals surface area contributed by atoms with Gasteiger partial charge in [0.25, 0.3) is 5.78 Å². The molecule has 0 aliphatic carbocycles. The summed E-state index contributed by atoms with van der Waals surface area (Å²) in [6, 6.07) is 17.8. The van der Waals surface area contributed by atoms with Crippen LogP contribution in [0.3, 0.4) is 0 Å². The third kappa shape index (κ3) is 4.48. The zero-order valence-electron chi connectivity index (χ0n) is 19.0. The highest BCUT2D eigenvalue weighted by atomic mass is 32.1. The summed E-state index contributed by atoms with van der Waals surface area (Å²) in [6.07, 6.45) is 0. The van der Waals surface area contributed by atoms with Crippen LogP contribution < -0.4 is 9.64 Å². The highest BCUT2D eigenvalue weighted by Gasteiger charge is 2.48. The van der Waals surface area contributed by atoms with Crippen LogP contribution in [0.5, 0.6) is 5.75 Å². The van der Waals surface area contributed by atoms with E-state index in [4.69, 9.17) is 4.74 Å². The summed E-state index contributed by atoms with van der Waals surface area (Å²) in [5.74, 6) is -1.11. The number of aliphatic hydroxyl groups is 1. The van der Waals surface area contributed by atoms with Crippen LogP contribution in [0.15, 0.2) is 71.6 Å². The highest BCUT2D eigenvalue weighted by Crippen LogP contribution is 2.44. The van der Waals surface area contributed by atoms with Gasteiger partial charge in [0.15, 0.2) is 0 Å². The number of ketones is 1. The van der Waals surface area contributed by atoms with Crippen molar-refractivity contribution in [1.29, 1.82) is 0 Å². The van der Waals surface area contributed by atoms with Gasteiger partial charge in [-0.3, -0.25) is 14.5 Å². The number of aromatic nitrogens is 2. The Morgan fingerprint density at radius 2 is 1.86 bits per heavy atom. The molecule has 0 bridgehead atoms. The number of hydrogen-bond donors (Lipinski definition) is 1. The van der Waals surface area contributed by atoms with Gasteiger partial charge in [0, 0.05) is 10.4 Å². The molecule has 0 radical (unpaired) electrons. The Hall–Kier alpha value is -3.82. The van der Waals surface area contributed by atoms with Crippen molar-refractivity contribution in [2.24, 2.45) is 0 Å². The van der Waals surface area contributed by atoms with E-state index in [1.807, 2.05) is 42.6 Å². The van der Waals surface area contributed by atoms with Crippen molar-refractivity contribution in [2.45, 2.75) is 26.5 Å². The Morgan fingerprint density at radius 3 is 2.51 bits per heavy atom. The number of Topliss-reactive ketones (excluding diaryl/α,β-unsaturated/α-hetero) is 1. The normalized spacial score (nSPS) is 17.2. The summed E-state index contributed by atoms with van der Waals surface area (Å²) in [6.45, 7) is 4.22. The van der Waals surface area contributed by atoms with Gasteiger partial charge in [-0.05, 0) is 55.1 Å². The molecule has 2 aromatic carbocycles. The molecule has 1 fully saturated rings. The monoisotopic (exact) mass is 503 g/mol. The predicted molar refractivity (Wildman–Crippen MR) is 136 cm³/mol. The summed E-state index contributed by atoms with van der Waals surface area (Å²) in [4.78, 5) is 28.2. The van der Waals surface area contributed by atoms with Crippen LogP contribution in [0.4, 0.5) is 5.13 Å². The molecule has 4 aromatic rings. The second kappa shape index (κ2) is 9.44. The van der Waals surface area contributed by atoms with Crippen LogP contribution >= 0.6 is 22.7 Å². The molecule has 7 nitrogen and oxygen atoms in total. The first kappa shape index (κ1) is 22.9. The lowest BCUT2D eigenvalue weighted by Crippen LogP contribution is -2.29. The van der Waals surface area contributed by atoms with Gasteiger partial charge < -0.3 is 9.84 Å². The molecule has 1 atom stereocenters. The summed E-state index contributed by atoms with van der Waals surface area (Å²) in [5, 5.41) is 22.1. The average molecular weight is 504 g/mol. The molecule has 176 valence electrons. The van der Waals surface area contributed by atoms with Crippen molar-refractivity contribution in [2.75, 3.05) is 4.90 Å². The quantitative estimate of drug-likeness (QED) is 0.215. The van der Waals surface area contributed by atoms with E-state index in [-0.39, 0.29) is 11.3 Å². The fourth-order valence-corrected chi connectivity index (χ4v) is 5.50. The lowest BCUT2D eigenvalue weighted by Gasteiger charge is -2.20. The molecule has 1 saturated heterocycles. The first-order chi connectivity index (χ1) is 16.9. The van der Waals surface area contributed by atoms with E-state index in [0.717, 1.165) is 16.0 Å². The lowest BCUT2D eigenvalue weighted by molar-refractivity contribution is -0.132. The number of carbonyl (C=O) groups is 2. The van der Waals surface area contributed by atoms with Crippen LogP contribution in [-0.4, -0.2) is 27.0 Å². The van der Waals surface area contributed by atoms with Gasteiger partial charge in [0.2, 0.25) is 5.13 Å². The minimum absolute atomic E-state index is 0.0266. The summed E-state index contributed by atoms with van der Waals surface area (Å²) >= 11 is 2.62. The molecule has 35 heavy (non-hydrogen) atoms. The number of benzene rings is 2. The van der Waals surface area contributed by atoms with Crippen LogP contribution in [0.25, 0.3) is 5.76 Å². The van der Waals surface area contributed by atoms with Crippen LogP contribution in [0.2, 0.25) is 0 Å². The third-order valence-corrected chi connectivity index (χ3v) is 7.36. The molecule has 5 rings (SSSR count). The van der Waals surface area contributed by atoms with Crippen molar-refractivity contribution in [1.82, 2.24) is 10.2 Å². The Morgan fingerprint density at radius 1 is 1.06 bits per heavy atom. The Kier molecular flexibility index (Phi) is 6.19. The number of aryl methyl sites for hydroxylation is 2. The van der Waals surface area contributed by atoms with Crippen molar-refractivity contribution in [3.05, 3.63) is 98.2 Å². The number of hydrogen-bond acceptors (Lipinski definition) is 8. The molecule has 1 aliphatic rings. The fraction of sp³-hybridized carbons (Fsp3) is 0.154. The predicted octanol–water partition coefficient (Wildman–Crippen LogP) is 5.42. The van der Waals surface area contributed by atoms with Gasteiger partial charge in [-0.25, -0.2) is 0 Å². The molecule has 1 aliphatic heterocycles. The molecule has 0 saturated carbocycles. The van der Waals surface area contributed by atoms with E-state index < -0.39 is 17.7 Å². The number of rotatable bonds is 6. The van der Waals surface area contributed by atoms with E-state index in [0.29, 0.717) is 28.1 Å². The zero-order valence-corrected chi connectivity index (χ0v) is 20.6. The zero-order chi connectivity index (χ0) is 24.5. The summed E-state index contributed by atoms with van der Waals surface area (Å²) in [5.41, 5.74) is 2.66. The van der Waals surface area contributed by atoms with Gasteiger partial charge in [-0.15, -0.1) is 21.5 Å². The Labute approximate surface area is 210 Å². The Balaban J connectivity index is 1.47. The molecule has 0 unspecified atom stereocenters. The number of carbonyl (C=O) groups excluding carboxylic acids is 2. The van der Waals surface area contributed by atoms with E-state index >= 15 is 0 Å². The van der Waals surface area contributed by atoms with Gasteiger partial charge in [0.1, 0.15) is 29.2 Å². The number of ether oxygens (including phenoxy) is 1. The average Bonchev–Trinajstić information content (AvgIpc) is 3.59. The fourth-order valence-electron chi connectivity index (χ4n) is 3.96. The smallest absolute Gasteiger partial charge is 0.301 e. The van der Waals surface area contributed by atoms with E-state index in [9.17, 15) is 14.7 Å². The van der Waals surface area contributed by atoms with Crippen LogP contribution in [-0.2, 0) is 16.2 Å². The third-order valence-electron chi connectivity index (χ3n) is 5.59. The highest BCUT2D eigenvalue weighted by molar-refractivity contribution is 7.15. The minimum atomic E-state index is -0.778. The molecule has 1 N–H and O–H groups in total. The van der Waals surface area contributed by atoms with Gasteiger partial charge in [-0.2, -0.15) is 0 Å². The Bertz CT molecular complexity index is 1430. The van der Waals surface area contributed by atoms with E-state index in [1.54, 1.807) is 31.2 Å². The molecule has 0 spiro atoms. The standard InChI is InChI=1S/C26H21N3O4S2/c1-15-5-3-6-17(13-15)14-33-19-10-8-18(9-11-19)23(30)21-22(20-7-4-12-34-20)29(25(32)24(21)31)26-28-27-16(2)35-26/h3-13,22,30H,14H2,1-2H3/b23-21+/t22-/m1/s1.